The molecule has 144 valence electrons. The van der Waals surface area contributed by atoms with Gasteiger partial charge in [0.05, 0.1) is 5.56 Å². The Morgan fingerprint density at radius 3 is 2.41 bits per heavy atom. The average molecular weight is 387 g/mol. The first kappa shape index (κ1) is 21.1. The lowest BCUT2D eigenvalue weighted by molar-refractivity contribution is 0.0916. The number of benzene rings is 2. The maximum Gasteiger partial charge on any atom is 0.252 e. The van der Waals surface area contributed by atoms with Gasteiger partial charge in [0.25, 0.3) is 5.91 Å². The molecule has 1 aliphatic rings. The van der Waals surface area contributed by atoms with Crippen LogP contribution in [0.25, 0.3) is 0 Å². The summed E-state index contributed by atoms with van der Waals surface area (Å²) >= 11 is 0. The van der Waals surface area contributed by atoms with Crippen molar-refractivity contribution < 1.29 is 9.59 Å². The molecule has 2 aromatic rings. The van der Waals surface area contributed by atoms with Crippen molar-refractivity contribution in [1.29, 1.82) is 0 Å². The van der Waals surface area contributed by atoms with E-state index in [1.807, 2.05) is 32.0 Å². The molecule has 4 nitrogen and oxygen atoms in total. The van der Waals surface area contributed by atoms with Crippen molar-refractivity contribution in [2.24, 2.45) is 0 Å². The van der Waals surface area contributed by atoms with Crippen molar-refractivity contribution in [1.82, 2.24) is 10.6 Å². The Balaban J connectivity index is 0.00000261. The first-order chi connectivity index (χ1) is 12.5. The summed E-state index contributed by atoms with van der Waals surface area (Å²) in [7, 11) is 0. The number of hydrogen-bond acceptors (Lipinski definition) is 3. The van der Waals surface area contributed by atoms with E-state index in [9.17, 15) is 9.59 Å². The van der Waals surface area contributed by atoms with Gasteiger partial charge in [-0.1, -0.05) is 30.3 Å². The lowest BCUT2D eigenvalue weighted by atomic mass is 9.95. The molecule has 2 aromatic carbocycles. The van der Waals surface area contributed by atoms with Crippen LogP contribution in [0, 0.1) is 13.8 Å². The van der Waals surface area contributed by atoms with Crippen LogP contribution < -0.4 is 10.6 Å². The highest BCUT2D eigenvalue weighted by atomic mass is 35.5. The van der Waals surface area contributed by atoms with Gasteiger partial charge in [0.2, 0.25) is 0 Å². The van der Waals surface area contributed by atoms with E-state index in [1.54, 1.807) is 24.3 Å². The quantitative estimate of drug-likeness (QED) is 0.785. The molecule has 0 spiro atoms. The van der Waals surface area contributed by atoms with Gasteiger partial charge in [-0.15, -0.1) is 12.4 Å². The van der Waals surface area contributed by atoms with Crippen molar-refractivity contribution >= 4 is 24.1 Å². The molecular formula is C22H27ClN2O2. The van der Waals surface area contributed by atoms with Gasteiger partial charge >= 0.3 is 0 Å². The Bertz CT molecular complexity index is 835. The number of rotatable bonds is 4. The number of carbonyl (C=O) groups is 2. The zero-order chi connectivity index (χ0) is 18.7. The third kappa shape index (κ3) is 4.96. The number of hydrogen-bond donors (Lipinski definition) is 2. The SMILES string of the molecule is Cc1ccc(C(=O)c2ccccc2C(=O)NC2CCNC(C)C2)cc1C.Cl. The predicted octanol–water partition coefficient (Wildman–Crippen LogP) is 3.83. The second-order valence-electron chi connectivity index (χ2n) is 7.22. The molecule has 0 aliphatic carbocycles. The van der Waals surface area contributed by atoms with Gasteiger partial charge < -0.3 is 10.6 Å². The van der Waals surface area contributed by atoms with Gasteiger partial charge in [0, 0.05) is 23.2 Å². The van der Waals surface area contributed by atoms with E-state index < -0.39 is 0 Å². The minimum Gasteiger partial charge on any atom is -0.349 e. The minimum absolute atomic E-state index is 0. The maximum absolute atomic E-state index is 13.0. The largest absolute Gasteiger partial charge is 0.349 e. The summed E-state index contributed by atoms with van der Waals surface area (Å²) in [5.41, 5.74) is 3.73. The number of halogens is 1. The molecule has 1 amide bonds. The summed E-state index contributed by atoms with van der Waals surface area (Å²) < 4.78 is 0. The molecule has 1 aliphatic heterocycles. The van der Waals surface area contributed by atoms with Gasteiger partial charge in [-0.25, -0.2) is 0 Å². The van der Waals surface area contributed by atoms with Crippen molar-refractivity contribution in [3.05, 3.63) is 70.3 Å². The Kier molecular flexibility index (Phi) is 7.17. The lowest BCUT2D eigenvalue weighted by Crippen LogP contribution is -2.46. The second kappa shape index (κ2) is 9.16. The minimum atomic E-state index is -0.170. The molecule has 1 heterocycles. The zero-order valence-electron chi connectivity index (χ0n) is 16.0. The van der Waals surface area contributed by atoms with E-state index >= 15 is 0 Å². The van der Waals surface area contributed by atoms with Crippen molar-refractivity contribution in [3.63, 3.8) is 0 Å². The van der Waals surface area contributed by atoms with Gasteiger partial charge in [-0.3, -0.25) is 9.59 Å². The van der Waals surface area contributed by atoms with Gasteiger partial charge in [-0.05, 0) is 63.4 Å². The Hall–Kier alpha value is -2.17. The van der Waals surface area contributed by atoms with E-state index in [-0.39, 0.29) is 30.1 Å². The molecule has 0 radical (unpaired) electrons. The molecule has 2 N–H and O–H groups in total. The van der Waals surface area contributed by atoms with Crippen LogP contribution in [0.2, 0.25) is 0 Å². The van der Waals surface area contributed by atoms with Crippen LogP contribution in [0.1, 0.15) is 57.2 Å². The molecule has 2 unspecified atom stereocenters. The Morgan fingerprint density at radius 1 is 1.04 bits per heavy atom. The predicted molar refractivity (Wildman–Crippen MR) is 111 cm³/mol. The highest BCUT2D eigenvalue weighted by molar-refractivity contribution is 6.15. The number of ketones is 1. The molecule has 27 heavy (non-hydrogen) atoms. The third-order valence-electron chi connectivity index (χ3n) is 5.14. The third-order valence-corrected chi connectivity index (χ3v) is 5.14. The van der Waals surface area contributed by atoms with Gasteiger partial charge in [0.1, 0.15) is 0 Å². The smallest absolute Gasteiger partial charge is 0.252 e. The number of carbonyl (C=O) groups excluding carboxylic acids is 2. The molecule has 0 aromatic heterocycles. The van der Waals surface area contributed by atoms with Crippen LogP contribution in [0.15, 0.2) is 42.5 Å². The first-order valence-electron chi connectivity index (χ1n) is 9.21. The number of nitrogens with one attached hydrogen (secondary N) is 2. The fraction of sp³-hybridized carbons (Fsp3) is 0.364. The monoisotopic (exact) mass is 386 g/mol. The fourth-order valence-electron chi connectivity index (χ4n) is 3.44. The Morgan fingerprint density at radius 2 is 1.74 bits per heavy atom. The topological polar surface area (TPSA) is 58.2 Å². The fourth-order valence-corrected chi connectivity index (χ4v) is 3.44. The summed E-state index contributed by atoms with van der Waals surface area (Å²) in [5, 5.41) is 6.48. The van der Waals surface area contributed by atoms with Crippen LogP contribution in [-0.2, 0) is 0 Å². The average Bonchev–Trinajstić information content (AvgIpc) is 2.63. The first-order valence-corrected chi connectivity index (χ1v) is 9.21. The molecule has 1 saturated heterocycles. The molecule has 3 rings (SSSR count). The van der Waals surface area contributed by atoms with Gasteiger partial charge in [0.15, 0.2) is 5.78 Å². The normalized spacial score (nSPS) is 19.1. The van der Waals surface area contributed by atoms with E-state index in [4.69, 9.17) is 0 Å². The molecule has 2 atom stereocenters. The summed E-state index contributed by atoms with van der Waals surface area (Å²) in [6.07, 6.45) is 1.81. The summed E-state index contributed by atoms with van der Waals surface area (Å²) in [6.45, 7) is 7.03. The van der Waals surface area contributed by atoms with Crippen molar-refractivity contribution in [3.8, 4) is 0 Å². The van der Waals surface area contributed by atoms with Crippen LogP contribution in [0.5, 0.6) is 0 Å². The highest BCUT2D eigenvalue weighted by Crippen LogP contribution is 2.18. The molecular weight excluding hydrogens is 360 g/mol. The standard InChI is InChI=1S/C22H26N2O2.ClH/c1-14-8-9-17(12-15(14)2)21(25)19-6-4-5-7-20(19)22(26)24-18-10-11-23-16(3)13-18;/h4-9,12,16,18,23H,10-11,13H2,1-3H3,(H,24,26);1H. The summed E-state index contributed by atoms with van der Waals surface area (Å²) in [4.78, 5) is 25.8. The number of amides is 1. The highest BCUT2D eigenvalue weighted by Gasteiger charge is 2.23. The summed E-state index contributed by atoms with van der Waals surface area (Å²) in [6, 6.07) is 13.3. The number of aryl methyl sites for hydroxylation is 2. The van der Waals surface area contributed by atoms with Gasteiger partial charge in [-0.2, -0.15) is 0 Å². The molecule has 5 heteroatoms. The van der Waals surface area contributed by atoms with E-state index in [0.29, 0.717) is 22.7 Å². The van der Waals surface area contributed by atoms with E-state index in [2.05, 4.69) is 17.6 Å². The van der Waals surface area contributed by atoms with Crippen molar-refractivity contribution in [2.75, 3.05) is 6.54 Å². The molecule has 0 saturated carbocycles. The van der Waals surface area contributed by atoms with Crippen LogP contribution in [0.4, 0.5) is 0 Å². The number of piperidine rings is 1. The van der Waals surface area contributed by atoms with E-state index in [1.165, 1.54) is 0 Å². The van der Waals surface area contributed by atoms with Crippen molar-refractivity contribution in [2.45, 2.75) is 45.7 Å². The Labute approximate surface area is 167 Å². The molecule has 1 fully saturated rings. The lowest BCUT2D eigenvalue weighted by Gasteiger charge is -2.28. The van der Waals surface area contributed by atoms with Crippen LogP contribution >= 0.6 is 12.4 Å². The molecule has 0 bridgehead atoms. The van der Waals surface area contributed by atoms with Crippen LogP contribution in [0.3, 0.4) is 0 Å². The zero-order valence-corrected chi connectivity index (χ0v) is 16.9. The maximum atomic E-state index is 13.0. The van der Waals surface area contributed by atoms with E-state index in [0.717, 1.165) is 30.5 Å². The second-order valence-corrected chi connectivity index (χ2v) is 7.22. The van der Waals surface area contributed by atoms with Crippen LogP contribution in [-0.4, -0.2) is 30.3 Å². The summed E-state index contributed by atoms with van der Waals surface area (Å²) in [5.74, 6) is -0.283.